The summed E-state index contributed by atoms with van der Waals surface area (Å²) < 4.78 is 14.6. The Hall–Kier alpha value is -4.40. The van der Waals surface area contributed by atoms with Crippen molar-refractivity contribution in [2.75, 3.05) is 11.4 Å². The number of fused-ring (bicyclic) bond motifs is 1. The largest absolute Gasteiger partial charge is 0.350 e. The molecule has 0 spiro atoms. The van der Waals surface area contributed by atoms with Crippen molar-refractivity contribution < 1.29 is 14.0 Å². The standard InChI is InChI=1S/C26H22FN5O3/c27-19-7-9-20(10-8-19)31-16-18(12-24(31)33)25(34)29-14-23-21-5-1-2-6-22(21)26(35)32(30-23)15-17-4-3-11-28-13-17/h1-11,13,18H,12,14-16H2,(H,29,34). The van der Waals surface area contributed by atoms with E-state index >= 15 is 0 Å². The van der Waals surface area contributed by atoms with Gasteiger partial charge in [0.25, 0.3) is 5.56 Å². The van der Waals surface area contributed by atoms with Gasteiger partial charge in [-0.25, -0.2) is 9.07 Å². The van der Waals surface area contributed by atoms with Crippen LogP contribution in [-0.2, 0) is 22.7 Å². The van der Waals surface area contributed by atoms with E-state index in [0.717, 1.165) is 5.56 Å². The number of carbonyl (C=O) groups excluding carboxylic acids is 2. The van der Waals surface area contributed by atoms with Gasteiger partial charge in [0.05, 0.1) is 30.1 Å². The van der Waals surface area contributed by atoms with Gasteiger partial charge in [-0.1, -0.05) is 24.3 Å². The van der Waals surface area contributed by atoms with Crippen molar-refractivity contribution in [3.8, 4) is 0 Å². The second-order valence-electron chi connectivity index (χ2n) is 8.42. The molecular formula is C26H22FN5O3. The SMILES string of the molecule is O=C(NCc1nn(Cc2cccnc2)c(=O)c2ccccc12)C1CC(=O)N(c2ccc(F)cc2)C1. The van der Waals surface area contributed by atoms with Gasteiger partial charge >= 0.3 is 0 Å². The van der Waals surface area contributed by atoms with Crippen molar-refractivity contribution in [3.05, 3.63) is 100 Å². The molecule has 1 aliphatic heterocycles. The summed E-state index contributed by atoms with van der Waals surface area (Å²) in [7, 11) is 0. The van der Waals surface area contributed by atoms with E-state index in [1.165, 1.54) is 33.8 Å². The third-order valence-electron chi connectivity index (χ3n) is 6.06. The molecule has 2 amide bonds. The summed E-state index contributed by atoms with van der Waals surface area (Å²) in [5, 5.41) is 8.58. The minimum atomic E-state index is -0.542. The molecule has 1 fully saturated rings. The van der Waals surface area contributed by atoms with Crippen LogP contribution in [0.5, 0.6) is 0 Å². The van der Waals surface area contributed by atoms with Crippen LogP contribution >= 0.6 is 0 Å². The van der Waals surface area contributed by atoms with E-state index in [9.17, 15) is 18.8 Å². The van der Waals surface area contributed by atoms with Crippen LogP contribution < -0.4 is 15.8 Å². The number of hydrogen-bond acceptors (Lipinski definition) is 5. The molecule has 0 aliphatic carbocycles. The predicted molar refractivity (Wildman–Crippen MR) is 128 cm³/mol. The number of pyridine rings is 1. The Bertz CT molecular complexity index is 1450. The summed E-state index contributed by atoms with van der Waals surface area (Å²) in [4.78, 5) is 44.0. The summed E-state index contributed by atoms with van der Waals surface area (Å²) >= 11 is 0. The lowest BCUT2D eigenvalue weighted by Crippen LogP contribution is -2.34. The van der Waals surface area contributed by atoms with E-state index in [1.54, 1.807) is 36.7 Å². The summed E-state index contributed by atoms with van der Waals surface area (Å²) in [6.45, 7) is 0.571. The fourth-order valence-electron chi connectivity index (χ4n) is 4.28. The Morgan fingerprint density at radius 1 is 1.03 bits per heavy atom. The molecule has 1 unspecified atom stereocenters. The Morgan fingerprint density at radius 2 is 1.80 bits per heavy atom. The number of hydrogen-bond donors (Lipinski definition) is 1. The molecular weight excluding hydrogens is 449 g/mol. The van der Waals surface area contributed by atoms with Gasteiger partial charge in [-0.2, -0.15) is 5.10 Å². The molecule has 1 aliphatic rings. The van der Waals surface area contributed by atoms with Crippen molar-refractivity contribution in [1.29, 1.82) is 0 Å². The number of rotatable bonds is 6. The van der Waals surface area contributed by atoms with Gasteiger partial charge < -0.3 is 10.2 Å². The molecule has 2 aromatic carbocycles. The molecule has 35 heavy (non-hydrogen) atoms. The lowest BCUT2D eigenvalue weighted by molar-refractivity contribution is -0.126. The lowest BCUT2D eigenvalue weighted by Gasteiger charge is -2.17. The number of nitrogens with zero attached hydrogens (tertiary/aromatic N) is 4. The van der Waals surface area contributed by atoms with Crippen LogP contribution in [0.1, 0.15) is 17.7 Å². The molecule has 0 bridgehead atoms. The molecule has 0 radical (unpaired) electrons. The average Bonchev–Trinajstić information content (AvgIpc) is 3.27. The van der Waals surface area contributed by atoms with E-state index in [0.29, 0.717) is 22.2 Å². The maximum atomic E-state index is 13.2. The molecule has 5 rings (SSSR count). The highest BCUT2D eigenvalue weighted by Gasteiger charge is 2.35. The molecule has 9 heteroatoms. The molecule has 1 saturated heterocycles. The molecule has 8 nitrogen and oxygen atoms in total. The third-order valence-corrected chi connectivity index (χ3v) is 6.06. The molecule has 4 aromatic rings. The van der Waals surface area contributed by atoms with Crippen LogP contribution in [0.2, 0.25) is 0 Å². The topological polar surface area (TPSA) is 97.2 Å². The van der Waals surface area contributed by atoms with Crippen LogP contribution in [0.3, 0.4) is 0 Å². The molecule has 3 heterocycles. The summed E-state index contributed by atoms with van der Waals surface area (Å²) in [5.74, 6) is -1.40. The first-order valence-corrected chi connectivity index (χ1v) is 11.2. The molecule has 1 N–H and O–H groups in total. The lowest BCUT2D eigenvalue weighted by atomic mass is 10.1. The first kappa shape index (κ1) is 22.4. The number of amides is 2. The second-order valence-corrected chi connectivity index (χ2v) is 8.42. The highest BCUT2D eigenvalue weighted by atomic mass is 19.1. The predicted octanol–water partition coefficient (Wildman–Crippen LogP) is 2.65. The fourth-order valence-corrected chi connectivity index (χ4v) is 4.28. The first-order valence-electron chi connectivity index (χ1n) is 11.2. The van der Waals surface area contributed by atoms with Crippen LogP contribution in [0, 0.1) is 11.7 Å². The number of aromatic nitrogens is 3. The van der Waals surface area contributed by atoms with E-state index in [2.05, 4.69) is 15.4 Å². The van der Waals surface area contributed by atoms with E-state index in [1.807, 2.05) is 12.1 Å². The van der Waals surface area contributed by atoms with E-state index in [4.69, 9.17) is 0 Å². The normalized spacial score (nSPS) is 15.5. The maximum Gasteiger partial charge on any atom is 0.274 e. The molecule has 0 saturated carbocycles. The van der Waals surface area contributed by atoms with Crippen LogP contribution in [0.15, 0.2) is 77.9 Å². The smallest absolute Gasteiger partial charge is 0.274 e. The zero-order valence-corrected chi connectivity index (χ0v) is 18.7. The maximum absolute atomic E-state index is 13.2. The highest BCUT2D eigenvalue weighted by molar-refractivity contribution is 6.00. The molecule has 1 atom stereocenters. The quantitative estimate of drug-likeness (QED) is 0.466. The minimum absolute atomic E-state index is 0.0674. The molecule has 176 valence electrons. The van der Waals surface area contributed by atoms with Gasteiger partial charge in [0.1, 0.15) is 5.82 Å². The van der Waals surface area contributed by atoms with Gasteiger partial charge in [0, 0.05) is 36.4 Å². The van der Waals surface area contributed by atoms with E-state index < -0.39 is 5.92 Å². The van der Waals surface area contributed by atoms with Crippen molar-refractivity contribution in [1.82, 2.24) is 20.1 Å². The van der Waals surface area contributed by atoms with Gasteiger partial charge in [-0.15, -0.1) is 0 Å². The van der Waals surface area contributed by atoms with Crippen molar-refractivity contribution in [2.45, 2.75) is 19.5 Å². The number of carbonyl (C=O) groups is 2. The fraction of sp³-hybridized carbons (Fsp3) is 0.192. The Labute approximate surface area is 200 Å². The van der Waals surface area contributed by atoms with Gasteiger partial charge in [-0.3, -0.25) is 19.4 Å². The number of nitrogens with one attached hydrogen (secondary N) is 1. The summed E-state index contributed by atoms with van der Waals surface area (Å²) in [5.41, 5.74) is 1.72. The zero-order valence-electron chi connectivity index (χ0n) is 18.7. The van der Waals surface area contributed by atoms with Crippen LogP contribution in [0.4, 0.5) is 10.1 Å². The van der Waals surface area contributed by atoms with Crippen molar-refractivity contribution in [2.24, 2.45) is 5.92 Å². The number of anilines is 1. The van der Waals surface area contributed by atoms with Gasteiger partial charge in [0.15, 0.2) is 0 Å². The zero-order chi connectivity index (χ0) is 24.4. The van der Waals surface area contributed by atoms with E-state index in [-0.39, 0.29) is 49.2 Å². The van der Waals surface area contributed by atoms with Crippen molar-refractivity contribution >= 4 is 28.3 Å². The van der Waals surface area contributed by atoms with Gasteiger partial charge in [-0.05, 0) is 42.0 Å². The first-order chi connectivity index (χ1) is 17.0. The van der Waals surface area contributed by atoms with Crippen molar-refractivity contribution in [3.63, 3.8) is 0 Å². The van der Waals surface area contributed by atoms with Gasteiger partial charge in [0.2, 0.25) is 11.8 Å². The Kier molecular flexibility index (Phi) is 6.05. The Balaban J connectivity index is 1.34. The summed E-state index contributed by atoms with van der Waals surface area (Å²) in [6, 6.07) is 16.4. The summed E-state index contributed by atoms with van der Waals surface area (Å²) in [6.07, 6.45) is 3.40. The van der Waals surface area contributed by atoms with Crippen LogP contribution in [-0.4, -0.2) is 33.1 Å². The Morgan fingerprint density at radius 3 is 2.54 bits per heavy atom. The second kappa shape index (κ2) is 9.46. The average molecular weight is 471 g/mol. The number of halogens is 1. The minimum Gasteiger partial charge on any atom is -0.350 e. The monoisotopic (exact) mass is 471 g/mol. The van der Waals surface area contributed by atoms with Crippen LogP contribution in [0.25, 0.3) is 10.8 Å². The highest BCUT2D eigenvalue weighted by Crippen LogP contribution is 2.25. The number of benzene rings is 2. The molecule has 2 aromatic heterocycles. The third kappa shape index (κ3) is 4.65.